The molecule has 1 saturated heterocycles. The lowest BCUT2D eigenvalue weighted by atomic mass is 9.89. The minimum absolute atomic E-state index is 0.0773. The van der Waals surface area contributed by atoms with Gasteiger partial charge in [-0.1, -0.05) is 12.1 Å². The summed E-state index contributed by atoms with van der Waals surface area (Å²) in [5.41, 5.74) is 3.93. The molecule has 1 unspecified atom stereocenters. The molecular weight excluding hydrogens is 607 g/mol. The molecule has 2 N–H and O–H groups in total. The summed E-state index contributed by atoms with van der Waals surface area (Å²) in [5, 5.41) is 17.0. The lowest BCUT2D eigenvalue weighted by molar-refractivity contribution is -0.137. The van der Waals surface area contributed by atoms with Gasteiger partial charge in [-0.05, 0) is 49.5 Å². The highest BCUT2D eigenvalue weighted by Crippen LogP contribution is 2.36. The molecule has 0 amide bonds. The first-order valence-corrected chi connectivity index (χ1v) is 16.9. The number of nitrogens with zero attached hydrogens (tertiary/aromatic N) is 6. The predicted molar refractivity (Wildman–Crippen MR) is 166 cm³/mol. The molecule has 3 aromatic heterocycles. The second-order valence-electron chi connectivity index (χ2n) is 12.3. The third-order valence-corrected chi connectivity index (χ3v) is 10.2. The van der Waals surface area contributed by atoms with E-state index in [0.29, 0.717) is 35.7 Å². The maximum Gasteiger partial charge on any atom is 0.416 e. The fraction of sp³-hybridized carbons (Fsp3) is 0.484. The van der Waals surface area contributed by atoms with Crippen LogP contribution in [0.15, 0.2) is 42.7 Å². The van der Waals surface area contributed by atoms with Crippen molar-refractivity contribution < 1.29 is 26.7 Å². The number of nitrogens with one attached hydrogen (secondary N) is 1. The summed E-state index contributed by atoms with van der Waals surface area (Å²) < 4.78 is 67.3. The average Bonchev–Trinajstić information content (AvgIpc) is 3.57. The molecule has 1 aromatic carbocycles. The highest BCUT2D eigenvalue weighted by atomic mass is 32.2. The molecular formula is C31H38F3N7O3S. The Bertz CT molecular complexity index is 1780. The average molecular weight is 646 g/mol. The van der Waals surface area contributed by atoms with Crippen molar-refractivity contribution in [3.63, 3.8) is 0 Å². The Labute approximate surface area is 260 Å². The maximum absolute atomic E-state index is 13.2. The van der Waals surface area contributed by atoms with Gasteiger partial charge in [0.2, 0.25) is 10.0 Å². The third kappa shape index (κ3) is 6.60. The molecule has 6 rings (SSSR count). The quantitative estimate of drug-likeness (QED) is 0.297. The number of benzene rings is 1. The Morgan fingerprint density at radius 3 is 2.47 bits per heavy atom. The number of aromatic nitrogens is 4. The number of β-amino-alcohol motifs (C(OH)–C–C–N with tert-alkyl or cyclic N) is 1. The predicted octanol–water partition coefficient (Wildman–Crippen LogP) is 4.07. The molecule has 1 atom stereocenters. The summed E-state index contributed by atoms with van der Waals surface area (Å²) in [6, 6.07) is 6.79. The van der Waals surface area contributed by atoms with Crippen LogP contribution in [0.25, 0.3) is 22.2 Å². The summed E-state index contributed by atoms with van der Waals surface area (Å²) >= 11 is 0. The van der Waals surface area contributed by atoms with Gasteiger partial charge in [0.1, 0.15) is 5.82 Å². The van der Waals surface area contributed by atoms with Gasteiger partial charge in [-0.15, -0.1) is 0 Å². The molecule has 0 saturated carbocycles. The fourth-order valence-electron chi connectivity index (χ4n) is 6.54. The Hall–Kier alpha value is -3.46. The molecule has 45 heavy (non-hydrogen) atoms. The first-order valence-electron chi connectivity index (χ1n) is 15.0. The largest absolute Gasteiger partial charge is 0.416 e. The lowest BCUT2D eigenvalue weighted by Crippen LogP contribution is -2.40. The molecule has 242 valence electrons. The number of aromatic amines is 1. The van der Waals surface area contributed by atoms with E-state index in [9.17, 15) is 26.7 Å². The van der Waals surface area contributed by atoms with Crippen molar-refractivity contribution >= 4 is 26.7 Å². The number of rotatable bonds is 8. The number of aliphatic hydroxyl groups excluding tert-OH is 1. The van der Waals surface area contributed by atoms with Crippen LogP contribution in [0.3, 0.4) is 0 Å². The highest BCUT2D eigenvalue weighted by Gasteiger charge is 2.33. The topological polar surface area (TPSA) is 111 Å². The number of sulfonamides is 1. The normalized spacial score (nSPS) is 17.9. The van der Waals surface area contributed by atoms with Crippen molar-refractivity contribution in [3.8, 4) is 11.3 Å². The van der Waals surface area contributed by atoms with Gasteiger partial charge in [-0.2, -0.15) is 22.6 Å². The number of anilines is 1. The summed E-state index contributed by atoms with van der Waals surface area (Å²) in [7, 11) is 0.451. The van der Waals surface area contributed by atoms with E-state index in [1.54, 1.807) is 4.68 Å². The Kier molecular flexibility index (Phi) is 8.44. The van der Waals surface area contributed by atoms with Crippen molar-refractivity contribution in [2.75, 3.05) is 51.4 Å². The Morgan fingerprint density at radius 2 is 1.82 bits per heavy atom. The smallest absolute Gasteiger partial charge is 0.390 e. The van der Waals surface area contributed by atoms with E-state index in [0.717, 1.165) is 66.7 Å². The van der Waals surface area contributed by atoms with Crippen LogP contribution in [0, 0.1) is 0 Å². The molecule has 0 spiro atoms. The molecule has 4 aromatic rings. The van der Waals surface area contributed by atoms with Crippen LogP contribution in [0.2, 0.25) is 0 Å². The zero-order chi connectivity index (χ0) is 32.1. The highest BCUT2D eigenvalue weighted by molar-refractivity contribution is 7.88. The zero-order valence-electron chi connectivity index (χ0n) is 25.5. The number of aliphatic hydroxyl groups is 1. The Balaban J connectivity index is 1.15. The minimum atomic E-state index is -4.47. The van der Waals surface area contributed by atoms with Gasteiger partial charge in [0, 0.05) is 80.8 Å². The lowest BCUT2D eigenvalue weighted by Gasteiger charge is -2.33. The molecule has 0 bridgehead atoms. The standard InChI is InChI=1S/C31H38F3N7O3S/c1-38(2)29-14-27-25(16-36-29)24(15-35-27)20-8-11-39(12-9-20)17-23(42)18-41-28-10-13-40(45(3,43)44)19-26(28)30(37-41)21-4-6-22(7-5-21)31(32,33)34/h4-7,14-16,20,23,35,42H,8-13,17-19H2,1-3H3. The van der Waals surface area contributed by atoms with Crippen LogP contribution in [-0.2, 0) is 35.7 Å². The zero-order valence-corrected chi connectivity index (χ0v) is 26.4. The summed E-state index contributed by atoms with van der Waals surface area (Å²) in [5.74, 6) is 1.29. The van der Waals surface area contributed by atoms with Gasteiger partial charge < -0.3 is 19.9 Å². The van der Waals surface area contributed by atoms with E-state index in [1.807, 2.05) is 25.2 Å². The number of pyridine rings is 1. The van der Waals surface area contributed by atoms with Gasteiger partial charge in [0.25, 0.3) is 0 Å². The van der Waals surface area contributed by atoms with Crippen molar-refractivity contribution in [1.82, 2.24) is 29.0 Å². The summed E-state index contributed by atoms with van der Waals surface area (Å²) in [6.07, 6.45) is 2.25. The van der Waals surface area contributed by atoms with Crippen molar-refractivity contribution in [1.29, 1.82) is 0 Å². The number of fused-ring (bicyclic) bond motifs is 2. The van der Waals surface area contributed by atoms with Crippen LogP contribution in [-0.4, -0.2) is 95.1 Å². The molecule has 1 fully saturated rings. The van der Waals surface area contributed by atoms with Crippen molar-refractivity contribution in [2.24, 2.45) is 0 Å². The number of likely N-dealkylation sites (tertiary alicyclic amines) is 1. The van der Waals surface area contributed by atoms with E-state index >= 15 is 0 Å². The number of hydrogen-bond acceptors (Lipinski definition) is 7. The van der Waals surface area contributed by atoms with E-state index in [4.69, 9.17) is 5.10 Å². The minimum Gasteiger partial charge on any atom is -0.390 e. The molecule has 0 aliphatic carbocycles. The van der Waals surface area contributed by atoms with Gasteiger partial charge >= 0.3 is 6.18 Å². The van der Waals surface area contributed by atoms with Gasteiger partial charge in [0.15, 0.2) is 0 Å². The number of alkyl halides is 3. The first-order chi connectivity index (χ1) is 21.3. The van der Waals surface area contributed by atoms with Crippen LogP contribution in [0.4, 0.5) is 19.0 Å². The van der Waals surface area contributed by atoms with E-state index in [2.05, 4.69) is 27.1 Å². The van der Waals surface area contributed by atoms with Crippen LogP contribution >= 0.6 is 0 Å². The number of piperidine rings is 1. The van der Waals surface area contributed by atoms with E-state index in [1.165, 1.54) is 22.0 Å². The number of halogens is 3. The van der Waals surface area contributed by atoms with E-state index in [-0.39, 0.29) is 19.6 Å². The second kappa shape index (κ2) is 12.0. The maximum atomic E-state index is 13.2. The molecule has 2 aliphatic heterocycles. The van der Waals surface area contributed by atoms with Crippen molar-refractivity contribution in [2.45, 2.75) is 50.6 Å². The van der Waals surface area contributed by atoms with Crippen LogP contribution in [0.5, 0.6) is 0 Å². The van der Waals surface area contributed by atoms with Crippen molar-refractivity contribution in [3.05, 3.63) is 65.1 Å². The van der Waals surface area contributed by atoms with Crippen LogP contribution < -0.4 is 4.90 Å². The fourth-order valence-corrected chi connectivity index (χ4v) is 7.33. The summed E-state index contributed by atoms with van der Waals surface area (Å²) in [4.78, 5) is 12.2. The molecule has 0 radical (unpaired) electrons. The Morgan fingerprint density at radius 1 is 1.11 bits per heavy atom. The SMILES string of the molecule is CN(C)c1cc2[nH]cc(C3CCN(CC(O)Cn4nc(-c5ccc(C(F)(F)F)cc5)c5c4CCN(S(C)(=O)=O)C5)CC3)c2cn1. The van der Waals surface area contributed by atoms with Gasteiger partial charge in [-0.3, -0.25) is 4.68 Å². The van der Waals surface area contributed by atoms with Gasteiger partial charge in [0.05, 0.1) is 35.7 Å². The van der Waals surface area contributed by atoms with Gasteiger partial charge in [-0.25, -0.2) is 13.4 Å². The van der Waals surface area contributed by atoms with Crippen LogP contribution in [0.1, 0.15) is 41.1 Å². The second-order valence-corrected chi connectivity index (χ2v) is 14.3. The summed E-state index contributed by atoms with van der Waals surface area (Å²) in [6.45, 7) is 2.66. The third-order valence-electron chi connectivity index (χ3n) is 8.98. The molecule has 2 aliphatic rings. The molecule has 5 heterocycles. The van der Waals surface area contributed by atoms with E-state index < -0.39 is 27.9 Å². The molecule has 10 nitrogen and oxygen atoms in total. The first kappa shape index (κ1) is 31.5. The number of H-pyrrole nitrogens is 1. The number of hydrogen-bond donors (Lipinski definition) is 2. The molecule has 14 heteroatoms. The monoisotopic (exact) mass is 645 g/mol.